The standard InChI is InChI=1S/C6H12O2/c1-8-6-3-2-5(7)4-6/h5-7H,2-4H2,1H3/t5-,6+/m0/s1. The van der Waals surface area contributed by atoms with E-state index in [4.69, 9.17) is 9.84 Å². The van der Waals surface area contributed by atoms with Crippen LogP contribution in [0.25, 0.3) is 0 Å². The van der Waals surface area contributed by atoms with Gasteiger partial charge in [-0.15, -0.1) is 0 Å². The molecule has 48 valence electrons. The van der Waals surface area contributed by atoms with Gasteiger partial charge in [-0.2, -0.15) is 0 Å². The summed E-state index contributed by atoms with van der Waals surface area (Å²) in [4.78, 5) is 0. The highest BCUT2D eigenvalue weighted by Gasteiger charge is 2.21. The molecule has 0 aromatic rings. The molecule has 0 bridgehead atoms. The number of aliphatic hydroxyl groups excluding tert-OH is 1. The van der Waals surface area contributed by atoms with E-state index >= 15 is 0 Å². The van der Waals surface area contributed by atoms with Crippen LogP contribution in [-0.2, 0) is 4.74 Å². The summed E-state index contributed by atoms with van der Waals surface area (Å²) in [6.45, 7) is 0. The average Bonchev–Trinajstić information content (AvgIpc) is 2.14. The maximum Gasteiger partial charge on any atom is 0.0596 e. The van der Waals surface area contributed by atoms with Gasteiger partial charge in [0.15, 0.2) is 0 Å². The molecule has 1 rings (SSSR count). The molecule has 0 radical (unpaired) electrons. The van der Waals surface area contributed by atoms with E-state index in [2.05, 4.69) is 0 Å². The Bertz CT molecular complexity index is 72.9. The molecule has 2 heteroatoms. The molecule has 0 aromatic carbocycles. The van der Waals surface area contributed by atoms with Gasteiger partial charge in [-0.05, 0) is 19.3 Å². The van der Waals surface area contributed by atoms with Crippen molar-refractivity contribution in [2.45, 2.75) is 31.5 Å². The van der Waals surface area contributed by atoms with Gasteiger partial charge in [-0.3, -0.25) is 0 Å². The number of rotatable bonds is 1. The molecule has 1 aliphatic carbocycles. The minimum atomic E-state index is -0.0973. The number of hydrogen-bond acceptors (Lipinski definition) is 2. The monoisotopic (exact) mass is 116 g/mol. The minimum absolute atomic E-state index is 0.0973. The summed E-state index contributed by atoms with van der Waals surface area (Å²) in [6.07, 6.45) is 3.00. The maximum atomic E-state index is 8.95. The Kier molecular flexibility index (Phi) is 1.86. The molecule has 0 heterocycles. The Morgan fingerprint density at radius 1 is 1.50 bits per heavy atom. The number of aliphatic hydroxyl groups is 1. The molecule has 1 fully saturated rings. The first-order valence-electron chi connectivity index (χ1n) is 3.04. The Morgan fingerprint density at radius 2 is 2.25 bits per heavy atom. The smallest absolute Gasteiger partial charge is 0.0596 e. The molecule has 2 nitrogen and oxygen atoms in total. The number of hydrogen-bond donors (Lipinski definition) is 1. The first-order chi connectivity index (χ1) is 3.83. The summed E-state index contributed by atoms with van der Waals surface area (Å²) >= 11 is 0. The second-order valence-corrected chi connectivity index (χ2v) is 2.32. The minimum Gasteiger partial charge on any atom is -0.393 e. The highest BCUT2D eigenvalue weighted by atomic mass is 16.5. The van der Waals surface area contributed by atoms with Crippen LogP contribution in [0.2, 0.25) is 0 Å². The van der Waals surface area contributed by atoms with Crippen LogP contribution in [-0.4, -0.2) is 24.4 Å². The zero-order valence-corrected chi connectivity index (χ0v) is 5.13. The fourth-order valence-corrected chi connectivity index (χ4v) is 1.13. The SMILES string of the molecule is CO[C@@H]1CC[C@H](O)C1. The lowest BCUT2D eigenvalue weighted by Gasteiger charge is -2.03. The maximum absolute atomic E-state index is 8.95. The first kappa shape index (κ1) is 6.05. The Morgan fingerprint density at radius 3 is 2.50 bits per heavy atom. The van der Waals surface area contributed by atoms with E-state index < -0.39 is 0 Å². The molecule has 0 spiro atoms. The highest BCUT2D eigenvalue weighted by Crippen LogP contribution is 2.20. The summed E-state index contributed by atoms with van der Waals surface area (Å²) in [6, 6.07) is 0. The normalized spacial score (nSPS) is 38.2. The van der Waals surface area contributed by atoms with Crippen molar-refractivity contribution in [1.82, 2.24) is 0 Å². The molecule has 2 atom stereocenters. The van der Waals surface area contributed by atoms with Gasteiger partial charge < -0.3 is 9.84 Å². The third-order valence-corrected chi connectivity index (χ3v) is 1.69. The molecule has 1 N–H and O–H groups in total. The molecule has 0 saturated heterocycles. The number of ether oxygens (including phenoxy) is 1. The molecule has 8 heavy (non-hydrogen) atoms. The lowest BCUT2D eigenvalue weighted by Crippen LogP contribution is -2.06. The lowest BCUT2D eigenvalue weighted by atomic mass is 10.3. The predicted octanol–water partition coefficient (Wildman–Crippen LogP) is 0.546. The van der Waals surface area contributed by atoms with Gasteiger partial charge in [0, 0.05) is 7.11 Å². The predicted molar refractivity (Wildman–Crippen MR) is 30.7 cm³/mol. The topological polar surface area (TPSA) is 29.5 Å². The lowest BCUT2D eigenvalue weighted by molar-refractivity contribution is 0.0898. The van der Waals surface area contributed by atoms with E-state index in [0.717, 1.165) is 19.3 Å². The van der Waals surface area contributed by atoms with Gasteiger partial charge in [0.2, 0.25) is 0 Å². The van der Waals surface area contributed by atoms with Crippen LogP contribution >= 0.6 is 0 Å². The second kappa shape index (κ2) is 2.46. The van der Waals surface area contributed by atoms with Crippen molar-refractivity contribution in [3.8, 4) is 0 Å². The Balaban J connectivity index is 2.22. The van der Waals surface area contributed by atoms with Crippen molar-refractivity contribution in [1.29, 1.82) is 0 Å². The van der Waals surface area contributed by atoms with Gasteiger partial charge >= 0.3 is 0 Å². The third kappa shape index (κ3) is 1.20. The van der Waals surface area contributed by atoms with E-state index in [1.54, 1.807) is 7.11 Å². The van der Waals surface area contributed by atoms with E-state index in [1.807, 2.05) is 0 Å². The van der Waals surface area contributed by atoms with Crippen molar-refractivity contribution < 1.29 is 9.84 Å². The molecule has 0 unspecified atom stereocenters. The molecule has 1 saturated carbocycles. The van der Waals surface area contributed by atoms with Gasteiger partial charge in [0.1, 0.15) is 0 Å². The largest absolute Gasteiger partial charge is 0.393 e. The van der Waals surface area contributed by atoms with E-state index in [1.165, 1.54) is 0 Å². The van der Waals surface area contributed by atoms with Crippen molar-refractivity contribution >= 4 is 0 Å². The van der Waals surface area contributed by atoms with Gasteiger partial charge in [-0.25, -0.2) is 0 Å². The fourth-order valence-electron chi connectivity index (χ4n) is 1.13. The van der Waals surface area contributed by atoms with E-state index in [0.29, 0.717) is 6.10 Å². The van der Waals surface area contributed by atoms with Gasteiger partial charge in [0.05, 0.1) is 12.2 Å². The highest BCUT2D eigenvalue weighted by molar-refractivity contribution is 4.73. The van der Waals surface area contributed by atoms with Crippen molar-refractivity contribution in [3.05, 3.63) is 0 Å². The summed E-state index contributed by atoms with van der Waals surface area (Å²) in [5.41, 5.74) is 0. The molecular formula is C6H12O2. The summed E-state index contributed by atoms with van der Waals surface area (Å²) in [5, 5.41) is 8.95. The quantitative estimate of drug-likeness (QED) is 0.542. The van der Waals surface area contributed by atoms with Crippen LogP contribution in [0.15, 0.2) is 0 Å². The van der Waals surface area contributed by atoms with Gasteiger partial charge in [-0.1, -0.05) is 0 Å². The second-order valence-electron chi connectivity index (χ2n) is 2.32. The fraction of sp³-hybridized carbons (Fsp3) is 1.00. The molecule has 0 aliphatic heterocycles. The Labute approximate surface area is 49.5 Å². The van der Waals surface area contributed by atoms with Crippen molar-refractivity contribution in [2.24, 2.45) is 0 Å². The molecular weight excluding hydrogens is 104 g/mol. The molecule has 0 amide bonds. The number of methoxy groups -OCH3 is 1. The average molecular weight is 116 g/mol. The van der Waals surface area contributed by atoms with Crippen LogP contribution in [0.3, 0.4) is 0 Å². The summed E-state index contributed by atoms with van der Waals surface area (Å²) in [5.74, 6) is 0. The van der Waals surface area contributed by atoms with Crippen LogP contribution in [0.1, 0.15) is 19.3 Å². The van der Waals surface area contributed by atoms with Gasteiger partial charge in [0.25, 0.3) is 0 Å². The van der Waals surface area contributed by atoms with E-state index in [-0.39, 0.29) is 6.10 Å². The Hall–Kier alpha value is -0.0800. The zero-order valence-electron chi connectivity index (χ0n) is 5.13. The van der Waals surface area contributed by atoms with Crippen LogP contribution < -0.4 is 0 Å². The molecule has 1 aliphatic rings. The first-order valence-corrected chi connectivity index (χ1v) is 3.04. The molecule has 0 aromatic heterocycles. The van der Waals surface area contributed by atoms with Crippen molar-refractivity contribution in [2.75, 3.05) is 7.11 Å². The van der Waals surface area contributed by atoms with Crippen molar-refractivity contribution in [3.63, 3.8) is 0 Å². The summed E-state index contributed by atoms with van der Waals surface area (Å²) in [7, 11) is 1.70. The van der Waals surface area contributed by atoms with Crippen LogP contribution in [0.5, 0.6) is 0 Å². The summed E-state index contributed by atoms with van der Waals surface area (Å²) < 4.78 is 5.02. The van der Waals surface area contributed by atoms with Crippen LogP contribution in [0, 0.1) is 0 Å². The third-order valence-electron chi connectivity index (χ3n) is 1.69. The van der Waals surface area contributed by atoms with E-state index in [9.17, 15) is 0 Å². The van der Waals surface area contributed by atoms with Crippen LogP contribution in [0.4, 0.5) is 0 Å². The zero-order chi connectivity index (χ0) is 5.98.